The summed E-state index contributed by atoms with van der Waals surface area (Å²) in [5.74, 6) is 0.843. The summed E-state index contributed by atoms with van der Waals surface area (Å²) in [4.78, 5) is 13.5. The van der Waals surface area contributed by atoms with Crippen molar-refractivity contribution in [3.8, 4) is 0 Å². The van der Waals surface area contributed by atoms with Gasteiger partial charge in [0.15, 0.2) is 0 Å². The molecule has 0 N–H and O–H groups in total. The third kappa shape index (κ3) is 2.58. The molecule has 2 heteroatoms. The first kappa shape index (κ1) is 10.3. The number of carbonyl (C=O) groups excluding carboxylic acids is 1. The molecule has 1 fully saturated rings. The van der Waals surface area contributed by atoms with E-state index in [1.807, 2.05) is 4.90 Å². The molecular weight excluding hydrogens is 162 g/mol. The highest BCUT2D eigenvalue weighted by Crippen LogP contribution is 2.19. The molecule has 1 saturated heterocycles. The van der Waals surface area contributed by atoms with Crippen molar-refractivity contribution >= 4 is 5.91 Å². The van der Waals surface area contributed by atoms with Gasteiger partial charge in [-0.15, -0.1) is 0 Å². The molecule has 1 rings (SSSR count). The second kappa shape index (κ2) is 4.45. The van der Waals surface area contributed by atoms with E-state index >= 15 is 0 Å². The Bertz CT molecular complexity index is 210. The maximum absolute atomic E-state index is 11.6. The first-order chi connectivity index (χ1) is 6.15. The highest BCUT2D eigenvalue weighted by atomic mass is 16.2. The molecule has 0 aromatic heterocycles. The molecule has 13 heavy (non-hydrogen) atoms. The summed E-state index contributed by atoms with van der Waals surface area (Å²) >= 11 is 0. The van der Waals surface area contributed by atoms with Crippen LogP contribution >= 0.6 is 0 Å². The largest absolute Gasteiger partial charge is 0.339 e. The Morgan fingerprint density at radius 1 is 1.62 bits per heavy atom. The molecule has 1 atom stereocenters. The Morgan fingerprint density at radius 2 is 2.31 bits per heavy atom. The van der Waals surface area contributed by atoms with Crippen LogP contribution in [-0.4, -0.2) is 23.9 Å². The molecule has 0 radical (unpaired) electrons. The number of carbonyl (C=O) groups is 1. The van der Waals surface area contributed by atoms with Crippen molar-refractivity contribution in [3.05, 3.63) is 12.2 Å². The van der Waals surface area contributed by atoms with E-state index in [1.54, 1.807) is 6.92 Å². The van der Waals surface area contributed by atoms with Gasteiger partial charge in [0, 0.05) is 18.7 Å². The van der Waals surface area contributed by atoms with Crippen LogP contribution in [0.5, 0.6) is 0 Å². The number of hydrogen-bond acceptors (Lipinski definition) is 1. The number of likely N-dealkylation sites (tertiary alicyclic amines) is 1. The highest BCUT2D eigenvalue weighted by Gasteiger charge is 2.22. The smallest absolute Gasteiger partial charge is 0.248 e. The minimum atomic E-state index is 0.137. The highest BCUT2D eigenvalue weighted by molar-refractivity contribution is 5.92. The van der Waals surface area contributed by atoms with Crippen LogP contribution in [0, 0.1) is 5.92 Å². The van der Waals surface area contributed by atoms with Gasteiger partial charge in [-0.2, -0.15) is 0 Å². The van der Waals surface area contributed by atoms with Crippen molar-refractivity contribution in [2.75, 3.05) is 13.1 Å². The summed E-state index contributed by atoms with van der Waals surface area (Å²) in [5.41, 5.74) is 0.664. The van der Waals surface area contributed by atoms with Gasteiger partial charge in [0.25, 0.3) is 0 Å². The Kier molecular flexibility index (Phi) is 3.52. The van der Waals surface area contributed by atoms with Crippen molar-refractivity contribution in [2.45, 2.75) is 33.1 Å². The quantitative estimate of drug-likeness (QED) is 0.598. The van der Waals surface area contributed by atoms with Gasteiger partial charge < -0.3 is 4.90 Å². The predicted molar refractivity (Wildman–Crippen MR) is 54.4 cm³/mol. The second-order valence-electron chi connectivity index (χ2n) is 3.95. The van der Waals surface area contributed by atoms with Gasteiger partial charge >= 0.3 is 0 Å². The average Bonchev–Trinajstić information content (AvgIpc) is 2.16. The molecule has 2 nitrogen and oxygen atoms in total. The van der Waals surface area contributed by atoms with Crippen LogP contribution in [0.2, 0.25) is 0 Å². The molecule has 1 unspecified atom stereocenters. The Labute approximate surface area is 80.6 Å². The van der Waals surface area contributed by atoms with Crippen molar-refractivity contribution < 1.29 is 4.79 Å². The maximum Gasteiger partial charge on any atom is 0.248 e. The molecule has 1 heterocycles. The lowest BCUT2D eigenvalue weighted by atomic mass is 9.95. The molecular formula is C11H19NO. The van der Waals surface area contributed by atoms with Crippen LogP contribution in [0.4, 0.5) is 0 Å². The first-order valence-corrected chi connectivity index (χ1v) is 5.10. The lowest BCUT2D eigenvalue weighted by Crippen LogP contribution is -2.39. The zero-order valence-electron chi connectivity index (χ0n) is 8.68. The van der Waals surface area contributed by atoms with Gasteiger partial charge in [-0.1, -0.05) is 19.9 Å². The molecule has 1 amide bonds. The van der Waals surface area contributed by atoms with E-state index in [0.717, 1.165) is 19.5 Å². The van der Waals surface area contributed by atoms with E-state index in [2.05, 4.69) is 13.5 Å². The second-order valence-corrected chi connectivity index (χ2v) is 3.95. The maximum atomic E-state index is 11.6. The number of amides is 1. The number of nitrogens with zero attached hydrogens (tertiary/aromatic N) is 1. The van der Waals surface area contributed by atoms with E-state index in [-0.39, 0.29) is 5.91 Å². The van der Waals surface area contributed by atoms with Crippen LogP contribution in [-0.2, 0) is 4.79 Å². The van der Waals surface area contributed by atoms with Gasteiger partial charge in [-0.05, 0) is 25.7 Å². The Balaban J connectivity index is 2.51. The summed E-state index contributed by atoms with van der Waals surface area (Å²) in [6.07, 6.45) is 3.61. The molecule has 0 aliphatic carbocycles. The van der Waals surface area contributed by atoms with E-state index in [9.17, 15) is 4.79 Å². The zero-order valence-corrected chi connectivity index (χ0v) is 8.68. The minimum Gasteiger partial charge on any atom is -0.339 e. The Hall–Kier alpha value is -0.790. The van der Waals surface area contributed by atoms with E-state index in [4.69, 9.17) is 0 Å². The molecule has 1 aliphatic rings. The molecule has 0 aromatic carbocycles. The lowest BCUT2D eigenvalue weighted by Gasteiger charge is -2.32. The monoisotopic (exact) mass is 181 g/mol. The number of piperidine rings is 1. The number of rotatable bonds is 2. The molecule has 1 aliphatic heterocycles. The summed E-state index contributed by atoms with van der Waals surface area (Å²) in [6.45, 7) is 9.52. The minimum absolute atomic E-state index is 0.137. The van der Waals surface area contributed by atoms with Crippen molar-refractivity contribution in [3.63, 3.8) is 0 Å². The standard InChI is InChI=1S/C11H19NO/c1-4-10-6-5-7-12(8-10)11(13)9(2)3/h10H,2,4-8H2,1,3H3. The molecule has 0 saturated carbocycles. The third-order valence-electron chi connectivity index (χ3n) is 2.75. The zero-order chi connectivity index (χ0) is 9.84. The fourth-order valence-electron chi connectivity index (χ4n) is 1.85. The molecule has 74 valence electrons. The van der Waals surface area contributed by atoms with Crippen LogP contribution < -0.4 is 0 Å². The van der Waals surface area contributed by atoms with Crippen molar-refractivity contribution in [2.24, 2.45) is 5.92 Å². The fourth-order valence-corrected chi connectivity index (χ4v) is 1.85. The van der Waals surface area contributed by atoms with Crippen molar-refractivity contribution in [1.82, 2.24) is 4.90 Å². The summed E-state index contributed by atoms with van der Waals surface area (Å²) in [7, 11) is 0. The van der Waals surface area contributed by atoms with Gasteiger partial charge in [0.2, 0.25) is 5.91 Å². The van der Waals surface area contributed by atoms with Crippen LogP contribution in [0.3, 0.4) is 0 Å². The first-order valence-electron chi connectivity index (χ1n) is 5.10. The van der Waals surface area contributed by atoms with Gasteiger partial charge in [-0.25, -0.2) is 0 Å². The molecule has 0 bridgehead atoms. The normalized spacial score (nSPS) is 22.9. The van der Waals surface area contributed by atoms with Crippen LogP contribution in [0.25, 0.3) is 0 Å². The topological polar surface area (TPSA) is 20.3 Å². The predicted octanol–water partition coefficient (Wildman–Crippen LogP) is 2.21. The molecule has 0 aromatic rings. The van der Waals surface area contributed by atoms with Gasteiger partial charge in [0.1, 0.15) is 0 Å². The summed E-state index contributed by atoms with van der Waals surface area (Å²) in [5, 5.41) is 0. The summed E-state index contributed by atoms with van der Waals surface area (Å²) < 4.78 is 0. The summed E-state index contributed by atoms with van der Waals surface area (Å²) in [6, 6.07) is 0. The van der Waals surface area contributed by atoms with Crippen LogP contribution in [0.15, 0.2) is 12.2 Å². The number of hydrogen-bond donors (Lipinski definition) is 0. The average molecular weight is 181 g/mol. The van der Waals surface area contributed by atoms with Crippen molar-refractivity contribution in [1.29, 1.82) is 0 Å². The molecule has 0 spiro atoms. The van der Waals surface area contributed by atoms with Gasteiger partial charge in [0.05, 0.1) is 0 Å². The van der Waals surface area contributed by atoms with Gasteiger partial charge in [-0.3, -0.25) is 4.79 Å². The SMILES string of the molecule is C=C(C)C(=O)N1CCCC(CC)C1. The van der Waals surface area contributed by atoms with E-state index in [0.29, 0.717) is 11.5 Å². The fraction of sp³-hybridized carbons (Fsp3) is 0.727. The third-order valence-corrected chi connectivity index (χ3v) is 2.75. The lowest BCUT2D eigenvalue weighted by molar-refractivity contribution is -0.128. The van der Waals surface area contributed by atoms with E-state index < -0.39 is 0 Å². The van der Waals surface area contributed by atoms with E-state index in [1.165, 1.54) is 12.8 Å². The van der Waals surface area contributed by atoms with Crippen LogP contribution in [0.1, 0.15) is 33.1 Å². The Morgan fingerprint density at radius 3 is 2.85 bits per heavy atom.